The SMILES string of the molecule is CN(C)N1N=C(SN2C(=O)CCCC2=O)C=C(SN2C(=O)CCCC2=O)N1. The number of nitrogens with zero attached hydrogens (tertiary/aromatic N) is 5. The van der Waals surface area contributed by atoms with Crippen LogP contribution in [0.1, 0.15) is 38.5 Å². The van der Waals surface area contributed by atoms with Gasteiger partial charge in [0.15, 0.2) is 0 Å². The summed E-state index contributed by atoms with van der Waals surface area (Å²) in [7, 11) is 3.50. The number of hydrogen-bond acceptors (Lipinski definition) is 10. The standard InChI is InChI=1S/C15H20N6O4S2/c1-18(2)21-16-10(26-19-12(22)5-3-6-13(19)23)9-11(17-21)27-20-14(24)7-4-8-15(20)25/h9,16H,3-8H2,1-2H3. The van der Waals surface area contributed by atoms with Gasteiger partial charge in [-0.25, -0.2) is 8.61 Å². The molecule has 0 spiro atoms. The molecule has 0 aromatic carbocycles. The summed E-state index contributed by atoms with van der Waals surface area (Å²) in [5.74, 6) is -0.988. The number of nitrogens with one attached hydrogen (secondary N) is 1. The zero-order chi connectivity index (χ0) is 19.6. The lowest BCUT2D eigenvalue weighted by Crippen LogP contribution is -2.46. The van der Waals surface area contributed by atoms with Gasteiger partial charge in [0.2, 0.25) is 23.6 Å². The summed E-state index contributed by atoms with van der Waals surface area (Å²) >= 11 is 1.92. The zero-order valence-electron chi connectivity index (χ0n) is 15.0. The maximum absolute atomic E-state index is 12.1. The molecule has 3 heterocycles. The molecule has 0 saturated carbocycles. The molecule has 12 heteroatoms. The van der Waals surface area contributed by atoms with E-state index in [1.54, 1.807) is 25.2 Å². The molecule has 0 atom stereocenters. The van der Waals surface area contributed by atoms with Crippen molar-refractivity contribution in [3.8, 4) is 0 Å². The Balaban J connectivity index is 1.78. The monoisotopic (exact) mass is 412 g/mol. The third-order valence-corrected chi connectivity index (χ3v) is 5.85. The van der Waals surface area contributed by atoms with E-state index in [0.29, 0.717) is 48.6 Å². The first-order valence-electron chi connectivity index (χ1n) is 8.47. The average Bonchev–Trinajstić information content (AvgIpc) is 2.61. The van der Waals surface area contributed by atoms with E-state index >= 15 is 0 Å². The topological polar surface area (TPSA) is 106 Å². The van der Waals surface area contributed by atoms with Crippen molar-refractivity contribution in [2.24, 2.45) is 5.10 Å². The molecule has 0 aromatic rings. The molecule has 0 radical (unpaired) electrons. The van der Waals surface area contributed by atoms with E-state index < -0.39 is 0 Å². The van der Waals surface area contributed by atoms with Crippen LogP contribution >= 0.6 is 23.9 Å². The molecule has 10 nitrogen and oxygen atoms in total. The van der Waals surface area contributed by atoms with Crippen molar-refractivity contribution in [1.82, 2.24) is 24.3 Å². The summed E-state index contributed by atoms with van der Waals surface area (Å²) in [6.07, 6.45) is 4.04. The molecular weight excluding hydrogens is 392 g/mol. The lowest BCUT2D eigenvalue weighted by molar-refractivity contribution is -0.142. The summed E-state index contributed by atoms with van der Waals surface area (Å²) in [6.45, 7) is 0. The highest BCUT2D eigenvalue weighted by Gasteiger charge is 2.32. The predicted molar refractivity (Wildman–Crippen MR) is 101 cm³/mol. The second-order valence-corrected chi connectivity index (χ2v) is 8.20. The van der Waals surface area contributed by atoms with Gasteiger partial charge in [-0.1, -0.05) is 0 Å². The first-order valence-corrected chi connectivity index (χ1v) is 10.0. The third-order valence-electron chi connectivity index (χ3n) is 3.88. The molecule has 146 valence electrons. The number of piperidine rings is 2. The summed E-state index contributed by atoms with van der Waals surface area (Å²) < 4.78 is 2.26. The van der Waals surface area contributed by atoms with Crippen LogP contribution in [-0.2, 0) is 19.2 Å². The summed E-state index contributed by atoms with van der Waals surface area (Å²) in [4.78, 5) is 48.2. The number of rotatable bonds is 4. The number of amides is 4. The van der Waals surface area contributed by atoms with Gasteiger partial charge in [-0.3, -0.25) is 24.6 Å². The minimum absolute atomic E-state index is 0.242. The number of carbonyl (C=O) groups is 4. The number of hydrazine groups is 2. The zero-order valence-corrected chi connectivity index (χ0v) is 16.6. The van der Waals surface area contributed by atoms with Gasteiger partial charge in [-0.15, -0.1) is 10.3 Å². The smallest absolute Gasteiger partial charge is 0.239 e. The molecule has 0 aliphatic carbocycles. The lowest BCUT2D eigenvalue weighted by atomic mass is 10.1. The summed E-state index contributed by atoms with van der Waals surface area (Å²) in [6, 6.07) is 0. The van der Waals surface area contributed by atoms with Crippen molar-refractivity contribution >= 4 is 52.6 Å². The number of hydrazone groups is 1. The van der Waals surface area contributed by atoms with Crippen LogP contribution in [0.15, 0.2) is 16.2 Å². The van der Waals surface area contributed by atoms with Crippen LogP contribution in [0.5, 0.6) is 0 Å². The molecule has 2 saturated heterocycles. The quantitative estimate of drug-likeness (QED) is 0.530. The van der Waals surface area contributed by atoms with Crippen LogP contribution in [0, 0.1) is 0 Å². The maximum Gasteiger partial charge on any atom is 0.239 e. The van der Waals surface area contributed by atoms with Crippen LogP contribution in [0.2, 0.25) is 0 Å². The van der Waals surface area contributed by atoms with E-state index in [-0.39, 0.29) is 23.6 Å². The average molecular weight is 412 g/mol. The van der Waals surface area contributed by atoms with Crippen molar-refractivity contribution < 1.29 is 19.2 Å². The minimum Gasteiger partial charge on any atom is -0.273 e. The Labute approximate surface area is 165 Å². The first kappa shape index (κ1) is 19.7. The number of hydrogen-bond donors (Lipinski definition) is 1. The maximum atomic E-state index is 12.1. The highest BCUT2D eigenvalue weighted by Crippen LogP contribution is 2.30. The second kappa shape index (κ2) is 8.31. The minimum atomic E-state index is -0.252. The van der Waals surface area contributed by atoms with Crippen LogP contribution in [-0.4, -0.2) is 61.6 Å². The first-order chi connectivity index (χ1) is 12.8. The highest BCUT2D eigenvalue weighted by molar-refractivity contribution is 8.13. The van der Waals surface area contributed by atoms with Gasteiger partial charge in [0.1, 0.15) is 10.1 Å². The Morgan fingerprint density at radius 1 is 0.889 bits per heavy atom. The van der Waals surface area contributed by atoms with E-state index in [1.807, 2.05) is 0 Å². The van der Waals surface area contributed by atoms with Crippen LogP contribution in [0.3, 0.4) is 0 Å². The van der Waals surface area contributed by atoms with Crippen LogP contribution < -0.4 is 5.43 Å². The molecular formula is C15H20N6O4S2. The van der Waals surface area contributed by atoms with E-state index in [1.165, 1.54) is 5.23 Å². The fourth-order valence-corrected chi connectivity index (χ4v) is 4.33. The van der Waals surface area contributed by atoms with Gasteiger partial charge in [0, 0.05) is 69.8 Å². The summed E-state index contributed by atoms with van der Waals surface area (Å²) in [5.41, 5.74) is 2.98. The van der Waals surface area contributed by atoms with Crippen LogP contribution in [0.25, 0.3) is 0 Å². The third kappa shape index (κ3) is 4.62. The molecule has 27 heavy (non-hydrogen) atoms. The molecule has 3 aliphatic heterocycles. The molecule has 0 aromatic heterocycles. The van der Waals surface area contributed by atoms with Gasteiger partial charge >= 0.3 is 0 Å². The predicted octanol–water partition coefficient (Wildman–Crippen LogP) is 0.813. The van der Waals surface area contributed by atoms with Crippen molar-refractivity contribution in [2.45, 2.75) is 38.5 Å². The summed E-state index contributed by atoms with van der Waals surface area (Å²) in [5, 5.41) is 8.26. The second-order valence-electron chi connectivity index (χ2n) is 6.25. The molecule has 0 bridgehead atoms. The molecule has 1 N–H and O–H groups in total. The largest absolute Gasteiger partial charge is 0.273 e. The van der Waals surface area contributed by atoms with Crippen LogP contribution in [0.4, 0.5) is 0 Å². The normalized spacial score (nSPS) is 21.5. The highest BCUT2D eigenvalue weighted by atomic mass is 32.2. The molecule has 2 fully saturated rings. The molecule has 3 aliphatic rings. The molecule has 0 unspecified atom stereocenters. The van der Waals surface area contributed by atoms with Crippen molar-refractivity contribution in [2.75, 3.05) is 14.1 Å². The number of carbonyl (C=O) groups excluding carboxylic acids is 4. The van der Waals surface area contributed by atoms with E-state index in [2.05, 4.69) is 10.5 Å². The molecule has 3 rings (SSSR count). The van der Waals surface area contributed by atoms with E-state index in [4.69, 9.17) is 0 Å². The Bertz CT molecular complexity index is 706. The number of imide groups is 2. The Morgan fingerprint density at radius 2 is 1.37 bits per heavy atom. The van der Waals surface area contributed by atoms with Crippen molar-refractivity contribution in [1.29, 1.82) is 0 Å². The Hall–Kier alpha value is -2.05. The van der Waals surface area contributed by atoms with Crippen molar-refractivity contribution in [3.63, 3.8) is 0 Å². The van der Waals surface area contributed by atoms with Gasteiger partial charge < -0.3 is 0 Å². The van der Waals surface area contributed by atoms with E-state index in [0.717, 1.165) is 32.5 Å². The fourth-order valence-electron chi connectivity index (χ4n) is 2.53. The molecule has 4 amide bonds. The van der Waals surface area contributed by atoms with E-state index in [9.17, 15) is 19.2 Å². The fraction of sp³-hybridized carbons (Fsp3) is 0.533. The Morgan fingerprint density at radius 3 is 1.85 bits per heavy atom. The Kier molecular flexibility index (Phi) is 6.07. The van der Waals surface area contributed by atoms with Crippen molar-refractivity contribution in [3.05, 3.63) is 11.1 Å². The van der Waals surface area contributed by atoms with Gasteiger partial charge in [-0.2, -0.15) is 5.01 Å². The van der Waals surface area contributed by atoms with Gasteiger partial charge in [0.25, 0.3) is 0 Å². The lowest BCUT2D eigenvalue weighted by Gasteiger charge is -2.33. The van der Waals surface area contributed by atoms with Gasteiger partial charge in [0.05, 0.1) is 0 Å². The van der Waals surface area contributed by atoms with Gasteiger partial charge in [-0.05, 0) is 12.8 Å².